The van der Waals surface area contributed by atoms with E-state index in [-0.39, 0.29) is 22.7 Å². The van der Waals surface area contributed by atoms with Crippen molar-refractivity contribution in [3.05, 3.63) is 154 Å². The topological polar surface area (TPSA) is 126 Å². The molecule has 0 saturated carbocycles. The van der Waals surface area contributed by atoms with Crippen molar-refractivity contribution in [3.63, 3.8) is 0 Å². The summed E-state index contributed by atoms with van der Waals surface area (Å²) < 4.78 is 0. The van der Waals surface area contributed by atoms with Crippen molar-refractivity contribution in [2.24, 2.45) is 0 Å². The zero-order valence-corrected chi connectivity index (χ0v) is 24.3. The van der Waals surface area contributed by atoms with Crippen LogP contribution in [0.1, 0.15) is 67.9 Å². The molecule has 4 aromatic rings. The highest BCUT2D eigenvalue weighted by Crippen LogP contribution is 2.32. The summed E-state index contributed by atoms with van der Waals surface area (Å²) in [6.45, 7) is 4.13. The van der Waals surface area contributed by atoms with Crippen LogP contribution in [0, 0.1) is 0 Å². The average Bonchev–Trinajstić information content (AvgIpc) is 3.58. The first kappa shape index (κ1) is 29.1. The second kappa shape index (κ2) is 11.2. The van der Waals surface area contributed by atoms with Gasteiger partial charge in [-0.25, -0.2) is 0 Å². The maximum Gasteiger partial charge on any atom is 0.258 e. The number of hydrogen-bond acceptors (Lipinski definition) is 6. The predicted octanol–water partition coefficient (Wildman–Crippen LogP) is 4.55. The van der Waals surface area contributed by atoms with E-state index in [0.29, 0.717) is 33.4 Å². The Morgan fingerprint density at radius 1 is 0.467 bits per heavy atom. The minimum absolute atomic E-state index is 0.167. The summed E-state index contributed by atoms with van der Waals surface area (Å²) >= 11 is 0. The fourth-order valence-corrected chi connectivity index (χ4v) is 5.43. The van der Waals surface area contributed by atoms with E-state index in [9.17, 15) is 28.8 Å². The van der Waals surface area contributed by atoms with E-state index in [1.807, 2.05) is 24.3 Å². The van der Waals surface area contributed by atoms with Gasteiger partial charge in [-0.1, -0.05) is 111 Å². The molecule has 6 rings (SSSR count). The van der Waals surface area contributed by atoms with Crippen LogP contribution in [0.3, 0.4) is 0 Å². The Morgan fingerprint density at radius 3 is 1.02 bits per heavy atom. The number of amides is 4. The molecule has 0 unspecified atom stereocenters. The van der Waals surface area contributed by atoms with Gasteiger partial charge in [-0.3, -0.25) is 39.4 Å². The van der Waals surface area contributed by atoms with E-state index in [1.54, 1.807) is 72.8 Å². The molecular weight excluding hydrogens is 568 g/mol. The molecule has 4 amide bonds. The van der Waals surface area contributed by atoms with Crippen molar-refractivity contribution in [1.82, 2.24) is 10.6 Å². The van der Waals surface area contributed by atoms with Crippen LogP contribution in [0.25, 0.3) is 11.1 Å². The number of hydrogen-bond donors (Lipinski definition) is 2. The van der Waals surface area contributed by atoms with Gasteiger partial charge in [0.25, 0.3) is 23.6 Å². The molecular formula is C37H26N2O6. The standard InChI is InChI=1S/C37H26N2O6/c1-37(2,27-15-11-25(12-16-27)33(42)23-7-3-21(4-8-23)29-19-31(40)38-35(29)44)28-17-13-26(14-18-28)34(43)24-9-5-22(6-10-24)30-20-32(41)39-36(30)45/h3-20H,1-2H3,(H,38,40,44)(H,39,41,45). The van der Waals surface area contributed by atoms with Crippen molar-refractivity contribution < 1.29 is 28.8 Å². The molecule has 0 aliphatic carbocycles. The fourth-order valence-electron chi connectivity index (χ4n) is 5.43. The van der Waals surface area contributed by atoms with Crippen molar-refractivity contribution >= 4 is 46.3 Å². The third-order valence-electron chi connectivity index (χ3n) is 8.17. The van der Waals surface area contributed by atoms with E-state index < -0.39 is 29.0 Å². The lowest BCUT2D eigenvalue weighted by Crippen LogP contribution is -2.21. The first-order chi connectivity index (χ1) is 21.5. The summed E-state index contributed by atoms with van der Waals surface area (Å²) in [5.74, 6) is -2.17. The smallest absolute Gasteiger partial charge is 0.258 e. The molecule has 2 aliphatic heterocycles. The van der Waals surface area contributed by atoms with Crippen molar-refractivity contribution in [3.8, 4) is 0 Å². The van der Waals surface area contributed by atoms with Crippen LogP contribution in [0.4, 0.5) is 0 Å². The first-order valence-electron chi connectivity index (χ1n) is 14.2. The molecule has 0 spiro atoms. The van der Waals surface area contributed by atoms with Gasteiger partial charge in [0.15, 0.2) is 11.6 Å². The van der Waals surface area contributed by atoms with Gasteiger partial charge in [0.2, 0.25) is 0 Å². The molecule has 2 aliphatic rings. The van der Waals surface area contributed by atoms with Crippen LogP contribution in [-0.4, -0.2) is 35.2 Å². The van der Waals surface area contributed by atoms with Crippen molar-refractivity contribution in [2.75, 3.05) is 0 Å². The average molecular weight is 595 g/mol. The van der Waals surface area contributed by atoms with Gasteiger partial charge in [-0.05, 0) is 22.3 Å². The van der Waals surface area contributed by atoms with Gasteiger partial charge in [0.05, 0.1) is 11.1 Å². The third-order valence-corrected chi connectivity index (χ3v) is 8.17. The van der Waals surface area contributed by atoms with E-state index in [1.165, 1.54) is 12.2 Å². The third kappa shape index (κ3) is 5.57. The zero-order valence-electron chi connectivity index (χ0n) is 24.3. The summed E-state index contributed by atoms with van der Waals surface area (Å²) in [7, 11) is 0. The molecule has 0 atom stereocenters. The number of carbonyl (C=O) groups excluding carboxylic acids is 6. The van der Waals surface area contributed by atoms with Crippen LogP contribution >= 0.6 is 0 Å². The molecule has 220 valence electrons. The normalized spacial score (nSPS) is 14.5. The SMILES string of the molecule is CC(C)(c1ccc(C(=O)c2ccc(C3=CC(=O)NC3=O)cc2)cc1)c1ccc(C(=O)c2ccc(C3=CC(=O)NC3=O)cc2)cc1. The summed E-state index contributed by atoms with van der Waals surface area (Å²) in [5.41, 5.74) is 5.14. The first-order valence-corrected chi connectivity index (χ1v) is 14.2. The van der Waals surface area contributed by atoms with Crippen LogP contribution in [-0.2, 0) is 24.6 Å². The molecule has 45 heavy (non-hydrogen) atoms. The maximum absolute atomic E-state index is 13.1. The summed E-state index contributed by atoms with van der Waals surface area (Å²) in [4.78, 5) is 73.0. The van der Waals surface area contributed by atoms with Gasteiger partial charge in [-0.15, -0.1) is 0 Å². The quantitative estimate of drug-likeness (QED) is 0.228. The van der Waals surface area contributed by atoms with E-state index in [2.05, 4.69) is 24.5 Å². The molecule has 0 saturated heterocycles. The molecule has 4 aromatic carbocycles. The minimum atomic E-state index is -0.459. The van der Waals surface area contributed by atoms with Crippen LogP contribution in [0.15, 0.2) is 109 Å². The summed E-state index contributed by atoms with van der Waals surface area (Å²) in [6, 6.07) is 27.9. The Balaban J connectivity index is 1.14. The Hall–Kier alpha value is -6.02. The second-order valence-corrected chi connectivity index (χ2v) is 11.3. The molecule has 2 N–H and O–H groups in total. The highest BCUT2D eigenvalue weighted by Gasteiger charge is 2.26. The lowest BCUT2D eigenvalue weighted by Gasteiger charge is -2.26. The highest BCUT2D eigenvalue weighted by atomic mass is 16.2. The van der Waals surface area contributed by atoms with Crippen LogP contribution in [0.5, 0.6) is 0 Å². The molecule has 0 aromatic heterocycles. The monoisotopic (exact) mass is 594 g/mol. The van der Waals surface area contributed by atoms with Gasteiger partial charge in [0.1, 0.15) is 0 Å². The van der Waals surface area contributed by atoms with Crippen molar-refractivity contribution in [1.29, 1.82) is 0 Å². The minimum Gasteiger partial charge on any atom is -0.289 e. The fraction of sp³-hybridized carbons (Fsp3) is 0.0811. The van der Waals surface area contributed by atoms with Crippen LogP contribution < -0.4 is 10.6 Å². The highest BCUT2D eigenvalue weighted by molar-refractivity contribution is 6.34. The molecule has 0 fully saturated rings. The van der Waals surface area contributed by atoms with Gasteiger partial charge in [0, 0.05) is 39.8 Å². The van der Waals surface area contributed by atoms with Gasteiger partial charge < -0.3 is 0 Å². The zero-order chi connectivity index (χ0) is 31.9. The number of imide groups is 2. The van der Waals surface area contributed by atoms with E-state index in [0.717, 1.165) is 11.1 Å². The number of nitrogens with one attached hydrogen (secondary N) is 2. The lowest BCUT2D eigenvalue weighted by molar-refractivity contribution is -0.124. The second-order valence-electron chi connectivity index (χ2n) is 11.3. The van der Waals surface area contributed by atoms with E-state index in [4.69, 9.17) is 0 Å². The summed E-state index contributed by atoms with van der Waals surface area (Å²) in [6.07, 6.45) is 2.49. The lowest BCUT2D eigenvalue weighted by atomic mass is 9.77. The maximum atomic E-state index is 13.1. The molecule has 0 radical (unpaired) electrons. The Morgan fingerprint density at radius 2 is 0.756 bits per heavy atom. The van der Waals surface area contributed by atoms with Gasteiger partial charge >= 0.3 is 0 Å². The molecule has 8 heteroatoms. The Bertz CT molecular complexity index is 1840. The summed E-state index contributed by atoms with van der Waals surface area (Å²) in [5, 5.41) is 4.42. The number of carbonyl (C=O) groups is 6. The molecule has 8 nitrogen and oxygen atoms in total. The van der Waals surface area contributed by atoms with Gasteiger partial charge in [-0.2, -0.15) is 0 Å². The number of rotatable bonds is 8. The Kier molecular flexibility index (Phi) is 7.26. The molecule has 0 bridgehead atoms. The van der Waals surface area contributed by atoms with Crippen molar-refractivity contribution in [2.45, 2.75) is 19.3 Å². The Labute approximate surface area is 258 Å². The predicted molar refractivity (Wildman–Crippen MR) is 167 cm³/mol. The van der Waals surface area contributed by atoms with E-state index >= 15 is 0 Å². The van der Waals surface area contributed by atoms with Crippen LogP contribution in [0.2, 0.25) is 0 Å². The molecule has 2 heterocycles. The number of ketones is 2. The number of benzene rings is 4. The largest absolute Gasteiger partial charge is 0.289 e.